The van der Waals surface area contributed by atoms with Crippen LogP contribution in [0.1, 0.15) is 6.42 Å². The lowest BCUT2D eigenvalue weighted by molar-refractivity contribution is 0.234. The third-order valence-electron chi connectivity index (χ3n) is 3.23. The van der Waals surface area contributed by atoms with Gasteiger partial charge in [-0.25, -0.2) is 4.79 Å². The van der Waals surface area contributed by atoms with Crippen LogP contribution in [0.2, 0.25) is 5.02 Å². The van der Waals surface area contributed by atoms with Gasteiger partial charge in [0, 0.05) is 43.4 Å². The first-order valence-electron chi connectivity index (χ1n) is 6.97. The van der Waals surface area contributed by atoms with Gasteiger partial charge < -0.3 is 20.9 Å². The monoisotopic (exact) mass is 296 g/mol. The molecule has 110 valence electrons. The molecule has 6 heteroatoms. The first kappa shape index (κ1) is 15.1. The highest BCUT2D eigenvalue weighted by atomic mass is 35.5. The fourth-order valence-corrected chi connectivity index (χ4v) is 2.37. The molecule has 1 aliphatic heterocycles. The molecule has 0 bridgehead atoms. The van der Waals surface area contributed by atoms with E-state index in [1.165, 1.54) is 0 Å². The molecule has 0 atom stereocenters. The topological polar surface area (TPSA) is 56.4 Å². The van der Waals surface area contributed by atoms with Gasteiger partial charge in [-0.05, 0) is 31.2 Å². The van der Waals surface area contributed by atoms with Crippen LogP contribution in [0.5, 0.6) is 0 Å². The van der Waals surface area contributed by atoms with Gasteiger partial charge in [0.1, 0.15) is 0 Å². The predicted octanol–water partition coefficient (Wildman–Crippen LogP) is 1.76. The zero-order chi connectivity index (χ0) is 14.2. The van der Waals surface area contributed by atoms with Gasteiger partial charge in [0.15, 0.2) is 0 Å². The van der Waals surface area contributed by atoms with Crippen LogP contribution in [0.3, 0.4) is 0 Å². The summed E-state index contributed by atoms with van der Waals surface area (Å²) in [5.74, 6) is 0. The summed E-state index contributed by atoms with van der Waals surface area (Å²) in [5.41, 5.74) is 0.706. The molecule has 2 rings (SSSR count). The predicted molar refractivity (Wildman–Crippen MR) is 82.4 cm³/mol. The molecule has 1 fully saturated rings. The van der Waals surface area contributed by atoms with E-state index in [4.69, 9.17) is 11.6 Å². The molecule has 1 aromatic carbocycles. The Morgan fingerprint density at radius 1 is 1.35 bits per heavy atom. The molecule has 1 aliphatic rings. The second-order valence-electron chi connectivity index (χ2n) is 4.84. The second-order valence-corrected chi connectivity index (χ2v) is 5.27. The van der Waals surface area contributed by atoms with Crippen molar-refractivity contribution in [2.45, 2.75) is 6.42 Å². The number of anilines is 1. The minimum Gasteiger partial charge on any atom is -0.338 e. The van der Waals surface area contributed by atoms with Crippen molar-refractivity contribution in [2.24, 2.45) is 0 Å². The molecule has 0 aliphatic carbocycles. The van der Waals surface area contributed by atoms with Gasteiger partial charge in [0.05, 0.1) is 0 Å². The van der Waals surface area contributed by atoms with Crippen LogP contribution in [0, 0.1) is 0 Å². The summed E-state index contributed by atoms with van der Waals surface area (Å²) in [6, 6.07) is 6.93. The average Bonchev–Trinajstić information content (AvgIpc) is 2.45. The Balaban J connectivity index is 1.60. The molecule has 2 amide bonds. The maximum atomic E-state index is 11.7. The maximum Gasteiger partial charge on any atom is 0.319 e. The van der Waals surface area contributed by atoms with Gasteiger partial charge in [0.2, 0.25) is 0 Å². The molecular weight excluding hydrogens is 276 g/mol. The third kappa shape index (κ3) is 5.36. The van der Waals surface area contributed by atoms with Crippen molar-refractivity contribution in [1.29, 1.82) is 0 Å². The molecule has 1 aromatic rings. The van der Waals surface area contributed by atoms with Gasteiger partial charge in [-0.2, -0.15) is 0 Å². The number of piperazine rings is 1. The number of hydrogen-bond acceptors (Lipinski definition) is 3. The fraction of sp³-hybridized carbons (Fsp3) is 0.500. The van der Waals surface area contributed by atoms with E-state index in [0.717, 1.165) is 39.1 Å². The largest absolute Gasteiger partial charge is 0.338 e. The van der Waals surface area contributed by atoms with Gasteiger partial charge in [0.25, 0.3) is 0 Å². The third-order valence-corrected chi connectivity index (χ3v) is 3.46. The summed E-state index contributed by atoms with van der Waals surface area (Å²) in [4.78, 5) is 14.1. The SMILES string of the molecule is O=C(NCCCN1CCNCC1)Nc1cccc(Cl)c1. The lowest BCUT2D eigenvalue weighted by atomic mass is 10.3. The number of hydrogen-bond donors (Lipinski definition) is 3. The summed E-state index contributed by atoms with van der Waals surface area (Å²) in [7, 11) is 0. The summed E-state index contributed by atoms with van der Waals surface area (Å²) in [6.45, 7) is 6.00. The Bertz CT molecular complexity index is 435. The van der Waals surface area contributed by atoms with E-state index < -0.39 is 0 Å². The minimum absolute atomic E-state index is 0.187. The maximum absolute atomic E-state index is 11.7. The second kappa shape index (κ2) is 8.09. The van der Waals surface area contributed by atoms with Crippen molar-refractivity contribution >= 4 is 23.3 Å². The van der Waals surface area contributed by atoms with Crippen LogP contribution in [-0.4, -0.2) is 50.2 Å². The molecule has 0 aromatic heterocycles. The van der Waals surface area contributed by atoms with E-state index in [2.05, 4.69) is 20.9 Å². The highest BCUT2D eigenvalue weighted by Gasteiger charge is 2.08. The molecule has 1 heterocycles. The van der Waals surface area contributed by atoms with Crippen LogP contribution in [0.4, 0.5) is 10.5 Å². The first-order chi connectivity index (χ1) is 9.74. The van der Waals surface area contributed by atoms with Gasteiger partial charge >= 0.3 is 6.03 Å². The first-order valence-corrected chi connectivity index (χ1v) is 7.35. The van der Waals surface area contributed by atoms with Gasteiger partial charge in [-0.1, -0.05) is 17.7 Å². The summed E-state index contributed by atoms with van der Waals surface area (Å²) in [5, 5.41) is 9.55. The van der Waals surface area contributed by atoms with E-state index in [1.807, 2.05) is 12.1 Å². The van der Waals surface area contributed by atoms with E-state index in [-0.39, 0.29) is 6.03 Å². The Morgan fingerprint density at radius 3 is 2.90 bits per heavy atom. The molecule has 3 N–H and O–H groups in total. The number of benzene rings is 1. The van der Waals surface area contributed by atoms with Crippen molar-refractivity contribution in [2.75, 3.05) is 44.6 Å². The van der Waals surface area contributed by atoms with Crippen molar-refractivity contribution < 1.29 is 4.79 Å². The average molecular weight is 297 g/mol. The van der Waals surface area contributed by atoms with Crippen LogP contribution in [0.15, 0.2) is 24.3 Å². The van der Waals surface area contributed by atoms with Crippen molar-refractivity contribution in [3.05, 3.63) is 29.3 Å². The fourth-order valence-electron chi connectivity index (χ4n) is 2.18. The molecular formula is C14H21ClN4O. The molecule has 0 saturated carbocycles. The normalized spacial score (nSPS) is 15.8. The van der Waals surface area contributed by atoms with Crippen LogP contribution in [-0.2, 0) is 0 Å². The smallest absolute Gasteiger partial charge is 0.319 e. The highest BCUT2D eigenvalue weighted by Crippen LogP contribution is 2.14. The molecule has 0 spiro atoms. The van der Waals surface area contributed by atoms with E-state index >= 15 is 0 Å². The standard InChI is InChI=1S/C14H21ClN4O/c15-12-3-1-4-13(11-12)18-14(20)17-5-2-8-19-9-6-16-7-10-19/h1,3-4,11,16H,2,5-10H2,(H2,17,18,20). The number of halogens is 1. The molecule has 20 heavy (non-hydrogen) atoms. The number of rotatable bonds is 5. The number of nitrogens with one attached hydrogen (secondary N) is 3. The van der Waals surface area contributed by atoms with Crippen molar-refractivity contribution in [3.63, 3.8) is 0 Å². The quantitative estimate of drug-likeness (QED) is 0.726. The number of urea groups is 1. The lowest BCUT2D eigenvalue weighted by Gasteiger charge is -2.27. The Labute approximate surface area is 124 Å². The Hall–Kier alpha value is -1.30. The van der Waals surface area contributed by atoms with Crippen LogP contribution >= 0.6 is 11.6 Å². The number of amides is 2. The lowest BCUT2D eigenvalue weighted by Crippen LogP contribution is -2.44. The number of carbonyl (C=O) groups excluding carboxylic acids is 1. The van der Waals surface area contributed by atoms with E-state index in [9.17, 15) is 4.79 Å². The number of nitrogens with zero attached hydrogens (tertiary/aromatic N) is 1. The van der Waals surface area contributed by atoms with E-state index in [0.29, 0.717) is 17.3 Å². The Morgan fingerprint density at radius 2 is 2.15 bits per heavy atom. The molecule has 0 unspecified atom stereocenters. The van der Waals surface area contributed by atoms with Crippen LogP contribution in [0.25, 0.3) is 0 Å². The summed E-state index contributed by atoms with van der Waals surface area (Å²) < 4.78 is 0. The zero-order valence-electron chi connectivity index (χ0n) is 11.5. The van der Waals surface area contributed by atoms with E-state index in [1.54, 1.807) is 12.1 Å². The summed E-state index contributed by atoms with van der Waals surface area (Å²) in [6.07, 6.45) is 0.961. The van der Waals surface area contributed by atoms with Gasteiger partial charge in [-0.3, -0.25) is 0 Å². The summed E-state index contributed by atoms with van der Waals surface area (Å²) >= 11 is 5.86. The molecule has 1 saturated heterocycles. The van der Waals surface area contributed by atoms with Crippen LogP contribution < -0.4 is 16.0 Å². The zero-order valence-corrected chi connectivity index (χ0v) is 12.2. The van der Waals surface area contributed by atoms with Crippen molar-refractivity contribution in [1.82, 2.24) is 15.5 Å². The Kier molecular flexibility index (Phi) is 6.11. The molecule has 5 nitrogen and oxygen atoms in total. The van der Waals surface area contributed by atoms with Crippen molar-refractivity contribution in [3.8, 4) is 0 Å². The highest BCUT2D eigenvalue weighted by molar-refractivity contribution is 6.30. The number of carbonyl (C=O) groups is 1. The van der Waals surface area contributed by atoms with Gasteiger partial charge in [-0.15, -0.1) is 0 Å². The minimum atomic E-state index is -0.187. The molecule has 0 radical (unpaired) electrons.